The van der Waals surface area contributed by atoms with Crippen molar-refractivity contribution >= 4 is 0 Å². The summed E-state index contributed by atoms with van der Waals surface area (Å²) in [6.07, 6.45) is 7.54. The van der Waals surface area contributed by atoms with Crippen LogP contribution in [0.3, 0.4) is 0 Å². The molecule has 1 atom stereocenters. The zero-order chi connectivity index (χ0) is 9.10. The normalized spacial score (nSPS) is 30.5. The second-order valence-electron chi connectivity index (χ2n) is 4.19. The second-order valence-corrected chi connectivity index (χ2v) is 4.19. The summed E-state index contributed by atoms with van der Waals surface area (Å²) in [7, 11) is 0. The van der Waals surface area contributed by atoms with Gasteiger partial charge in [-0.25, -0.2) is 0 Å². The van der Waals surface area contributed by atoms with Crippen molar-refractivity contribution in [3.63, 3.8) is 0 Å². The number of ether oxygens (including phenoxy) is 1. The molecular formula is C11H18O2. The van der Waals surface area contributed by atoms with Crippen LogP contribution >= 0.6 is 0 Å². The Morgan fingerprint density at radius 1 is 1.31 bits per heavy atom. The van der Waals surface area contributed by atoms with E-state index in [1.807, 2.05) is 0 Å². The van der Waals surface area contributed by atoms with Gasteiger partial charge in [-0.1, -0.05) is 11.6 Å². The minimum Gasteiger partial charge on any atom is -0.389 e. The van der Waals surface area contributed by atoms with Crippen LogP contribution in [0.5, 0.6) is 0 Å². The summed E-state index contributed by atoms with van der Waals surface area (Å²) in [5.41, 5.74) is 1.47. The van der Waals surface area contributed by atoms with Gasteiger partial charge in [-0.3, -0.25) is 0 Å². The van der Waals surface area contributed by atoms with E-state index in [4.69, 9.17) is 4.74 Å². The van der Waals surface area contributed by atoms with Gasteiger partial charge in [-0.2, -0.15) is 0 Å². The predicted molar refractivity (Wildman–Crippen MR) is 51.5 cm³/mol. The van der Waals surface area contributed by atoms with Crippen molar-refractivity contribution in [3.05, 3.63) is 11.6 Å². The second kappa shape index (κ2) is 4.25. The van der Waals surface area contributed by atoms with Gasteiger partial charge in [-0.15, -0.1) is 0 Å². The van der Waals surface area contributed by atoms with E-state index in [0.29, 0.717) is 0 Å². The van der Waals surface area contributed by atoms with Crippen LogP contribution in [0.2, 0.25) is 0 Å². The zero-order valence-electron chi connectivity index (χ0n) is 8.04. The molecule has 2 nitrogen and oxygen atoms in total. The highest BCUT2D eigenvalue weighted by Crippen LogP contribution is 2.29. The van der Waals surface area contributed by atoms with E-state index < -0.39 is 0 Å². The van der Waals surface area contributed by atoms with Gasteiger partial charge in [0.1, 0.15) is 0 Å². The molecule has 0 aromatic heterocycles. The summed E-state index contributed by atoms with van der Waals surface area (Å²) in [5, 5.41) is 9.33. The third kappa shape index (κ3) is 2.55. The van der Waals surface area contributed by atoms with Crippen LogP contribution in [0.4, 0.5) is 0 Å². The summed E-state index contributed by atoms with van der Waals surface area (Å²) in [4.78, 5) is 0. The van der Waals surface area contributed by atoms with Crippen LogP contribution in [0.25, 0.3) is 0 Å². The SMILES string of the molecule is OC1C=C(CC2CCOCC2)CC1. The van der Waals surface area contributed by atoms with E-state index in [0.717, 1.165) is 32.0 Å². The van der Waals surface area contributed by atoms with E-state index in [1.54, 1.807) is 0 Å². The van der Waals surface area contributed by atoms with Crippen molar-refractivity contribution in [2.75, 3.05) is 13.2 Å². The lowest BCUT2D eigenvalue weighted by Gasteiger charge is -2.22. The van der Waals surface area contributed by atoms with Crippen molar-refractivity contribution in [1.82, 2.24) is 0 Å². The smallest absolute Gasteiger partial charge is 0.0726 e. The fraction of sp³-hybridized carbons (Fsp3) is 0.818. The number of allylic oxidation sites excluding steroid dienone is 1. The molecule has 1 unspecified atom stereocenters. The van der Waals surface area contributed by atoms with Gasteiger partial charge < -0.3 is 9.84 Å². The van der Waals surface area contributed by atoms with Gasteiger partial charge in [0.2, 0.25) is 0 Å². The van der Waals surface area contributed by atoms with Gasteiger partial charge in [-0.05, 0) is 38.0 Å². The van der Waals surface area contributed by atoms with Crippen molar-refractivity contribution < 1.29 is 9.84 Å². The largest absolute Gasteiger partial charge is 0.389 e. The number of hydrogen-bond acceptors (Lipinski definition) is 2. The molecule has 0 spiro atoms. The van der Waals surface area contributed by atoms with Gasteiger partial charge in [0.05, 0.1) is 6.10 Å². The first-order valence-corrected chi connectivity index (χ1v) is 5.30. The number of aliphatic hydroxyl groups excluding tert-OH is 1. The molecular weight excluding hydrogens is 164 g/mol. The third-order valence-electron chi connectivity index (χ3n) is 3.08. The highest BCUT2D eigenvalue weighted by atomic mass is 16.5. The Hall–Kier alpha value is -0.340. The van der Waals surface area contributed by atoms with E-state index in [-0.39, 0.29) is 6.10 Å². The van der Waals surface area contributed by atoms with Crippen LogP contribution in [0.1, 0.15) is 32.1 Å². The lowest BCUT2D eigenvalue weighted by Crippen LogP contribution is -2.15. The summed E-state index contributed by atoms with van der Waals surface area (Å²) in [6, 6.07) is 0. The first kappa shape index (κ1) is 9.22. The topological polar surface area (TPSA) is 29.5 Å². The molecule has 1 fully saturated rings. The Morgan fingerprint density at radius 3 is 2.69 bits per heavy atom. The van der Waals surface area contributed by atoms with Gasteiger partial charge >= 0.3 is 0 Å². The Kier molecular flexibility index (Phi) is 3.01. The quantitative estimate of drug-likeness (QED) is 0.661. The standard InChI is InChI=1S/C11H18O2/c12-11-2-1-10(8-11)7-9-3-5-13-6-4-9/h8-9,11-12H,1-7H2. The molecule has 0 aromatic carbocycles. The lowest BCUT2D eigenvalue weighted by atomic mass is 9.92. The Balaban J connectivity index is 1.80. The Morgan fingerprint density at radius 2 is 2.08 bits per heavy atom. The molecule has 1 aliphatic heterocycles. The number of aliphatic hydroxyl groups is 1. The molecule has 74 valence electrons. The fourth-order valence-electron chi connectivity index (χ4n) is 2.26. The zero-order valence-corrected chi connectivity index (χ0v) is 8.04. The Labute approximate surface area is 79.6 Å². The molecule has 0 radical (unpaired) electrons. The van der Waals surface area contributed by atoms with Crippen molar-refractivity contribution in [1.29, 1.82) is 0 Å². The number of hydrogen-bond donors (Lipinski definition) is 1. The lowest BCUT2D eigenvalue weighted by molar-refractivity contribution is 0.0664. The van der Waals surface area contributed by atoms with Gasteiger partial charge in [0.15, 0.2) is 0 Å². The van der Waals surface area contributed by atoms with Gasteiger partial charge in [0.25, 0.3) is 0 Å². The molecule has 2 aliphatic rings. The van der Waals surface area contributed by atoms with Crippen molar-refractivity contribution in [2.24, 2.45) is 5.92 Å². The highest BCUT2D eigenvalue weighted by molar-refractivity contribution is 5.12. The van der Waals surface area contributed by atoms with Crippen LogP contribution in [0.15, 0.2) is 11.6 Å². The maximum absolute atomic E-state index is 9.33. The summed E-state index contributed by atoms with van der Waals surface area (Å²) >= 11 is 0. The molecule has 0 saturated carbocycles. The van der Waals surface area contributed by atoms with Crippen LogP contribution < -0.4 is 0 Å². The van der Waals surface area contributed by atoms with E-state index in [1.165, 1.54) is 24.8 Å². The van der Waals surface area contributed by atoms with Crippen molar-refractivity contribution in [3.8, 4) is 0 Å². The molecule has 1 saturated heterocycles. The fourth-order valence-corrected chi connectivity index (χ4v) is 2.26. The highest BCUT2D eigenvalue weighted by Gasteiger charge is 2.19. The molecule has 1 aliphatic carbocycles. The van der Waals surface area contributed by atoms with E-state index in [9.17, 15) is 5.11 Å². The minimum absolute atomic E-state index is 0.158. The summed E-state index contributed by atoms with van der Waals surface area (Å²) in [6.45, 7) is 1.86. The minimum atomic E-state index is -0.158. The third-order valence-corrected chi connectivity index (χ3v) is 3.08. The van der Waals surface area contributed by atoms with Gasteiger partial charge in [0, 0.05) is 13.2 Å². The molecule has 0 bridgehead atoms. The average Bonchev–Trinajstić information content (AvgIpc) is 2.53. The Bertz CT molecular complexity index is 192. The van der Waals surface area contributed by atoms with Crippen LogP contribution in [0, 0.1) is 5.92 Å². The maximum Gasteiger partial charge on any atom is 0.0726 e. The molecule has 2 rings (SSSR count). The molecule has 0 amide bonds. The van der Waals surface area contributed by atoms with E-state index >= 15 is 0 Å². The number of rotatable bonds is 2. The van der Waals surface area contributed by atoms with Crippen LogP contribution in [-0.2, 0) is 4.74 Å². The molecule has 0 aromatic rings. The molecule has 2 heteroatoms. The first-order chi connectivity index (χ1) is 6.34. The maximum atomic E-state index is 9.33. The average molecular weight is 182 g/mol. The van der Waals surface area contributed by atoms with E-state index in [2.05, 4.69) is 6.08 Å². The summed E-state index contributed by atoms with van der Waals surface area (Å²) in [5.74, 6) is 0.810. The monoisotopic (exact) mass is 182 g/mol. The molecule has 1 N–H and O–H groups in total. The molecule has 1 heterocycles. The first-order valence-electron chi connectivity index (χ1n) is 5.30. The molecule has 13 heavy (non-hydrogen) atoms. The van der Waals surface area contributed by atoms with Crippen LogP contribution in [-0.4, -0.2) is 24.4 Å². The predicted octanol–water partition coefficient (Wildman–Crippen LogP) is 1.88. The van der Waals surface area contributed by atoms with Crippen molar-refractivity contribution in [2.45, 2.75) is 38.2 Å². The summed E-state index contributed by atoms with van der Waals surface area (Å²) < 4.78 is 5.32.